The largest absolute Gasteiger partial charge is 0.508 e. The fraction of sp³-hybridized carbons (Fsp3) is 0.270. The summed E-state index contributed by atoms with van der Waals surface area (Å²) in [6, 6.07) is 59.0. The number of hydrogen-bond donors (Lipinski definition) is 15. The molecule has 12 aromatic rings. The number of likely N-dealkylation sites (N-methyl/N-ethyl adjacent to an activating group) is 1. The molecule has 5 aromatic heterocycles. The number of carboxylic acids is 5. The summed E-state index contributed by atoms with van der Waals surface area (Å²) in [5, 5.41) is 79.0. The SMILES string of the molecule is Cc1cc(N)n(CCOC(=O)OCC(Oc2cccc3sc(C(=N)N)cc23)c2ccccc2)n1.Cc1cc(NC(=O)OCC(Oc2cccc3sc(C(=N)N)cc23)c2ccccc2)n(CCN(C)C)n1.N=C(N)c1cc2c(OC(COC(=O)Nc3ccc(F)cc3CN3CCNCC3)c3ccccc3)cccc2s1.O=C(O)C(F)(F)F.O=C(O)C(F)(F)F.O=C(O)C(F)(F)F.O=C(O)C(F)(F)F.O=C(O)C(F)(F)F. The number of aromatic nitrogens is 4. The van der Waals surface area contributed by atoms with E-state index in [1.807, 2.05) is 203 Å². The zero-order valence-corrected chi connectivity index (χ0v) is 77.8. The van der Waals surface area contributed by atoms with Crippen molar-refractivity contribution in [1.82, 2.24) is 34.7 Å². The van der Waals surface area contributed by atoms with Gasteiger partial charge in [0.2, 0.25) is 0 Å². The Balaban J connectivity index is 0.000000282. The van der Waals surface area contributed by atoms with Crippen molar-refractivity contribution >= 4 is 147 Å². The number of carbonyl (C=O) groups is 8. The first-order valence-electron chi connectivity index (χ1n) is 41.0. The van der Waals surface area contributed by atoms with Crippen LogP contribution in [0.5, 0.6) is 17.2 Å². The summed E-state index contributed by atoms with van der Waals surface area (Å²) in [6.45, 7) is 9.40. The average Bonchev–Trinajstić information content (AvgIpc) is 1.66. The molecule has 144 heavy (non-hydrogen) atoms. The molecule has 0 bridgehead atoms. The minimum atomic E-state index is -5.08. The summed E-state index contributed by atoms with van der Waals surface area (Å²) in [7, 11) is 3.97. The van der Waals surface area contributed by atoms with Crippen LogP contribution in [0.1, 0.15) is 66.6 Å². The number of rotatable bonds is 28. The number of aliphatic carboxylic acids is 5. The molecule has 1 saturated heterocycles. The molecule has 0 spiro atoms. The molecule has 19 N–H and O–H groups in total. The van der Waals surface area contributed by atoms with Crippen LogP contribution in [-0.4, -0.2) is 225 Å². The van der Waals surface area contributed by atoms with Crippen molar-refractivity contribution in [2.75, 3.05) is 89.6 Å². The second-order valence-electron chi connectivity index (χ2n) is 29.5. The van der Waals surface area contributed by atoms with Gasteiger partial charge in [0.05, 0.1) is 39.1 Å². The van der Waals surface area contributed by atoms with E-state index in [0.29, 0.717) is 74.4 Å². The van der Waals surface area contributed by atoms with Crippen LogP contribution in [0.3, 0.4) is 0 Å². The number of nitrogens with one attached hydrogen (secondary N) is 6. The quantitative estimate of drug-likeness (QED) is 0.00712. The molecule has 1 fully saturated rings. The van der Waals surface area contributed by atoms with Gasteiger partial charge in [-0.2, -0.15) is 76.1 Å². The van der Waals surface area contributed by atoms with Crippen molar-refractivity contribution in [2.24, 2.45) is 17.2 Å². The number of fused-ring (bicyclic) bond motifs is 3. The molecule has 3 unspecified atom stereocenters. The lowest BCUT2D eigenvalue weighted by Gasteiger charge is -2.28. The summed E-state index contributed by atoms with van der Waals surface area (Å²) in [6.07, 6.45) is -29.2. The number of thiophene rings is 3. The molecule has 0 aliphatic carbocycles. The Morgan fingerprint density at radius 1 is 0.451 bits per heavy atom. The Morgan fingerprint density at radius 3 is 1.12 bits per heavy atom. The van der Waals surface area contributed by atoms with Crippen LogP contribution in [0.25, 0.3) is 30.3 Å². The maximum absolute atomic E-state index is 14.0. The van der Waals surface area contributed by atoms with Gasteiger partial charge in [-0.05, 0) is 123 Å². The van der Waals surface area contributed by atoms with E-state index in [4.69, 9.17) is 122 Å². The number of amidine groups is 3. The Bertz CT molecular complexity index is 6180. The van der Waals surface area contributed by atoms with Crippen LogP contribution in [0, 0.1) is 35.9 Å². The summed E-state index contributed by atoms with van der Waals surface area (Å²) in [5.74, 6) is -11.2. The number of carboxylic acid groups (broad SMARTS) is 5. The van der Waals surface area contributed by atoms with E-state index in [1.54, 1.807) is 21.5 Å². The highest BCUT2D eigenvalue weighted by atomic mass is 32.1. The first-order chi connectivity index (χ1) is 67.4. The van der Waals surface area contributed by atoms with Crippen LogP contribution in [0.15, 0.2) is 194 Å². The normalized spacial score (nSPS) is 12.5. The van der Waals surface area contributed by atoms with Gasteiger partial charge < -0.3 is 91.8 Å². The highest BCUT2D eigenvalue weighted by Crippen LogP contribution is 2.40. The second kappa shape index (κ2) is 54.4. The summed E-state index contributed by atoms with van der Waals surface area (Å²) in [5.41, 5.74) is 28.2. The molecular formula is C89H90F16N16O20S3. The molecular weight excluding hydrogens is 2010 g/mol. The van der Waals surface area contributed by atoms with Gasteiger partial charge >= 0.3 is 79.1 Å². The number of aryl methyl sites for hydroxylation is 2. The van der Waals surface area contributed by atoms with E-state index in [0.717, 1.165) is 91.1 Å². The van der Waals surface area contributed by atoms with E-state index < -0.39 is 97.4 Å². The lowest BCUT2D eigenvalue weighted by atomic mass is 10.1. The van der Waals surface area contributed by atoms with E-state index in [-0.39, 0.29) is 49.8 Å². The number of hydrogen-bond acceptors (Lipinski definition) is 27. The number of piperazine rings is 1. The topological polar surface area (TPSA) is 556 Å². The first kappa shape index (κ1) is 117. The third-order valence-electron chi connectivity index (χ3n) is 18.2. The minimum absolute atomic E-state index is 0.000748. The fourth-order valence-electron chi connectivity index (χ4n) is 11.6. The zero-order chi connectivity index (χ0) is 107. The number of anilines is 3. The predicted octanol–water partition coefficient (Wildman–Crippen LogP) is 17.1. The van der Waals surface area contributed by atoms with Crippen LogP contribution >= 0.6 is 34.0 Å². The van der Waals surface area contributed by atoms with Gasteiger partial charge in [-0.25, -0.2) is 52.1 Å². The molecule has 2 amide bonds. The Morgan fingerprint density at radius 2 is 0.792 bits per heavy atom. The van der Waals surface area contributed by atoms with Gasteiger partial charge in [0, 0.05) is 87.3 Å². The van der Waals surface area contributed by atoms with Gasteiger partial charge in [-0.15, -0.1) is 34.0 Å². The van der Waals surface area contributed by atoms with Gasteiger partial charge in [-0.3, -0.25) is 31.8 Å². The average molecular weight is 2100 g/mol. The summed E-state index contributed by atoms with van der Waals surface area (Å²) >= 11 is 4.27. The fourth-order valence-corrected chi connectivity index (χ4v) is 14.5. The first-order valence-corrected chi connectivity index (χ1v) is 43.5. The number of nitrogens with zero attached hydrogens (tertiary/aromatic N) is 6. The molecule has 1 aliphatic rings. The van der Waals surface area contributed by atoms with Crippen molar-refractivity contribution < 1.29 is 167 Å². The molecule has 1 aliphatic heterocycles. The standard InChI is InChI=1S/C29H30FN5O3S.C26H30N6O3S.C24H25N5O4S.5C2HF3O2/c30-21-9-10-23(20(15-21)17-35-13-11-33-12-14-35)34-29(36)37-18-25(19-5-2-1-3-6-19)38-24-7-4-8-26-22(24)16-27(39-26)28(31)32;1-17-14-24(32(30-17)13-12-31(2)3)29-26(33)34-16-21(18-8-5-4-6-9-18)35-20-10-7-11-22-19(20)15-23(36-22)25(27)28;1-15-12-22(25)29(28-15)10-11-31-24(30)32-14-19(16-6-3-2-4-7-16)33-18-8-5-9-20-17(18)13-21(34-20)23(26)27;5*3-2(4,5)1(6)7/h1-10,15-16,25,33H,11-14,17-18H2,(H3,31,32)(H,34,36);4-11,14-15,21H,12-13,16H2,1-3H3,(H3,27,28)(H,29,33);2-9,12-13,19H,10-11,14,25H2,1H3,(H3,26,27);5*(H,6,7). The number of benzene rings is 7. The number of ether oxygens (including phenoxy) is 7. The summed E-state index contributed by atoms with van der Waals surface area (Å²) < 4.78 is 220. The van der Waals surface area contributed by atoms with Crippen LogP contribution in [0.2, 0.25) is 0 Å². The van der Waals surface area contributed by atoms with Gasteiger partial charge in [0.1, 0.15) is 78.6 Å². The summed E-state index contributed by atoms with van der Waals surface area (Å²) in [4.78, 5) is 88.5. The van der Waals surface area contributed by atoms with Crippen molar-refractivity contribution in [3.63, 3.8) is 0 Å². The van der Waals surface area contributed by atoms with E-state index in [9.17, 15) is 84.6 Å². The maximum atomic E-state index is 14.0. The Labute approximate surface area is 816 Å². The number of nitrogens with two attached hydrogens (primary N) is 4. The van der Waals surface area contributed by atoms with Crippen LogP contribution in [-0.2, 0) is 62.6 Å². The molecule has 776 valence electrons. The molecule has 0 saturated carbocycles. The number of alkyl halides is 15. The highest BCUT2D eigenvalue weighted by molar-refractivity contribution is 7.21. The number of amides is 2. The number of carbonyl (C=O) groups excluding carboxylic acids is 3. The van der Waals surface area contributed by atoms with Crippen molar-refractivity contribution in [3.05, 3.63) is 248 Å². The zero-order valence-electron chi connectivity index (χ0n) is 75.3. The van der Waals surface area contributed by atoms with Crippen molar-refractivity contribution in [1.29, 1.82) is 16.2 Å². The molecule has 0 radical (unpaired) electrons. The van der Waals surface area contributed by atoms with Crippen molar-refractivity contribution in [3.8, 4) is 17.2 Å². The molecule has 3 atom stereocenters. The van der Waals surface area contributed by atoms with Gasteiger partial charge in [-0.1, -0.05) is 109 Å². The minimum Gasteiger partial charge on any atom is -0.481 e. The third kappa shape index (κ3) is 39.8. The smallest absolute Gasteiger partial charge is 0.481 e. The predicted molar refractivity (Wildman–Crippen MR) is 495 cm³/mol. The van der Waals surface area contributed by atoms with E-state index in [2.05, 4.69) is 31.0 Å². The van der Waals surface area contributed by atoms with Crippen molar-refractivity contribution in [2.45, 2.75) is 82.7 Å². The van der Waals surface area contributed by atoms with Gasteiger partial charge in [0.15, 0.2) is 18.3 Å². The van der Waals surface area contributed by atoms with Crippen LogP contribution in [0.4, 0.5) is 102 Å². The Hall–Kier alpha value is -15.6. The lowest BCUT2D eigenvalue weighted by molar-refractivity contribution is -0.193. The third-order valence-corrected chi connectivity index (χ3v) is 21.6. The van der Waals surface area contributed by atoms with E-state index >= 15 is 0 Å². The second-order valence-corrected chi connectivity index (χ2v) is 32.7. The number of halogens is 16. The monoisotopic (exact) mass is 2100 g/mol. The number of nitrogen functional groups attached to an aromatic ring is 4. The molecule has 55 heteroatoms. The molecule has 6 heterocycles. The molecule has 36 nitrogen and oxygen atoms in total. The maximum Gasteiger partial charge on any atom is 0.508 e. The Kier molecular flexibility index (Phi) is 44.2. The van der Waals surface area contributed by atoms with E-state index in [1.165, 1.54) is 46.1 Å². The molecule has 13 rings (SSSR count). The highest BCUT2D eigenvalue weighted by Gasteiger charge is 2.41. The van der Waals surface area contributed by atoms with Gasteiger partial charge in [0.25, 0.3) is 0 Å². The van der Waals surface area contributed by atoms with Crippen LogP contribution < -0.4 is 53.1 Å². The molecule has 7 aromatic carbocycles. The lowest BCUT2D eigenvalue weighted by Crippen LogP contribution is -2.43.